The zero-order valence-electron chi connectivity index (χ0n) is 25.4. The van der Waals surface area contributed by atoms with Crippen LogP contribution in [-0.4, -0.2) is 58.2 Å². The van der Waals surface area contributed by atoms with Crippen molar-refractivity contribution in [1.29, 1.82) is 0 Å². The molecule has 1 saturated carbocycles. The van der Waals surface area contributed by atoms with Crippen molar-refractivity contribution in [2.24, 2.45) is 11.8 Å². The summed E-state index contributed by atoms with van der Waals surface area (Å²) >= 11 is 6.40. The van der Waals surface area contributed by atoms with E-state index in [1.165, 1.54) is 38.0 Å². The van der Waals surface area contributed by atoms with Crippen molar-refractivity contribution in [2.45, 2.75) is 74.8 Å². The highest BCUT2D eigenvalue weighted by molar-refractivity contribution is 7.90. The maximum absolute atomic E-state index is 13.5. The van der Waals surface area contributed by atoms with Gasteiger partial charge in [-0.3, -0.25) is 9.59 Å². The maximum atomic E-state index is 13.5. The molecule has 236 valence electrons. The molecule has 2 bridgehead atoms. The van der Waals surface area contributed by atoms with E-state index in [0.717, 1.165) is 32.1 Å². The second-order valence-electron chi connectivity index (χ2n) is 13.1. The molecule has 6 rings (SSSR count). The summed E-state index contributed by atoms with van der Waals surface area (Å²) in [5.41, 5.74) is 1.39. The molecule has 11 heteroatoms. The van der Waals surface area contributed by atoms with Crippen molar-refractivity contribution in [3.8, 4) is 5.75 Å². The van der Waals surface area contributed by atoms with Crippen LogP contribution in [0.1, 0.15) is 57.6 Å². The average molecular weight is 642 g/mol. The van der Waals surface area contributed by atoms with E-state index in [-0.39, 0.29) is 40.7 Å². The summed E-state index contributed by atoms with van der Waals surface area (Å²) in [5, 5.41) is 3.82. The summed E-state index contributed by atoms with van der Waals surface area (Å²) in [7, 11) is -4.20. The topological polar surface area (TPSA) is 114 Å². The summed E-state index contributed by atoms with van der Waals surface area (Å²) in [6, 6.07) is 10.7. The summed E-state index contributed by atoms with van der Waals surface area (Å²) in [5.74, 6) is 0.160. The van der Waals surface area contributed by atoms with E-state index in [1.807, 2.05) is 12.1 Å². The van der Waals surface area contributed by atoms with Gasteiger partial charge in [0.15, 0.2) is 0 Å². The number of sulfonamides is 1. The van der Waals surface area contributed by atoms with Crippen molar-refractivity contribution in [3.63, 3.8) is 0 Å². The lowest BCUT2D eigenvalue weighted by atomic mass is 9.68. The number of halogens is 1. The first-order valence-corrected chi connectivity index (χ1v) is 17.2. The fraction of sp³-hybridized carbons (Fsp3) is 0.515. The van der Waals surface area contributed by atoms with Crippen LogP contribution in [0.2, 0.25) is 5.02 Å². The molecule has 1 fully saturated rings. The number of anilines is 1. The number of carbonyl (C=O) groups is 2. The van der Waals surface area contributed by atoms with Crippen molar-refractivity contribution < 1.29 is 27.5 Å². The van der Waals surface area contributed by atoms with Crippen LogP contribution in [0.15, 0.2) is 53.4 Å². The number of nitrogens with one attached hydrogen (secondary N) is 2. The van der Waals surface area contributed by atoms with Gasteiger partial charge in [-0.1, -0.05) is 29.8 Å². The Balaban J connectivity index is 1.45. The SMILES string of the molecule is CC(=O)N[C@H]1/C=C/COC(C)(C)C(=O)NS(=O)(=O)c2ccc3c(c2)N(C[C@@H]2CC[C@H]21)C[C@@]1(CCCc2cc(Cl)ccc21)CO3. The fourth-order valence-corrected chi connectivity index (χ4v) is 8.52. The van der Waals surface area contributed by atoms with Gasteiger partial charge >= 0.3 is 0 Å². The monoisotopic (exact) mass is 641 g/mol. The molecule has 0 radical (unpaired) electrons. The molecule has 1 spiro atoms. The number of nitrogens with zero attached hydrogens (tertiary/aromatic N) is 1. The van der Waals surface area contributed by atoms with Crippen LogP contribution in [0.3, 0.4) is 0 Å². The van der Waals surface area contributed by atoms with Crippen LogP contribution in [0.5, 0.6) is 5.75 Å². The first kappa shape index (κ1) is 30.9. The van der Waals surface area contributed by atoms with E-state index >= 15 is 0 Å². The van der Waals surface area contributed by atoms with Crippen LogP contribution < -0.4 is 19.7 Å². The minimum atomic E-state index is -4.20. The molecule has 9 nitrogen and oxygen atoms in total. The van der Waals surface area contributed by atoms with Gasteiger partial charge in [-0.25, -0.2) is 13.1 Å². The first-order chi connectivity index (χ1) is 20.9. The van der Waals surface area contributed by atoms with Gasteiger partial charge in [0.2, 0.25) is 5.91 Å². The normalized spacial score (nSPS) is 30.0. The van der Waals surface area contributed by atoms with Crippen LogP contribution in [0, 0.1) is 11.8 Å². The molecule has 0 saturated heterocycles. The Morgan fingerprint density at radius 3 is 2.73 bits per heavy atom. The third-order valence-corrected chi connectivity index (χ3v) is 11.3. The number of hydrogen-bond donors (Lipinski definition) is 2. The van der Waals surface area contributed by atoms with E-state index in [4.69, 9.17) is 21.1 Å². The molecule has 44 heavy (non-hydrogen) atoms. The van der Waals surface area contributed by atoms with Gasteiger partial charge < -0.3 is 19.7 Å². The second-order valence-corrected chi connectivity index (χ2v) is 15.3. The molecule has 2 aliphatic carbocycles. The van der Waals surface area contributed by atoms with Crippen molar-refractivity contribution in [2.75, 3.05) is 31.2 Å². The van der Waals surface area contributed by atoms with E-state index in [1.54, 1.807) is 18.2 Å². The summed E-state index contributed by atoms with van der Waals surface area (Å²) in [4.78, 5) is 27.6. The Morgan fingerprint density at radius 1 is 1.16 bits per heavy atom. The molecule has 2 N–H and O–H groups in total. The van der Waals surface area contributed by atoms with E-state index < -0.39 is 21.5 Å². The number of amides is 2. The van der Waals surface area contributed by atoms with Crippen molar-refractivity contribution >= 4 is 39.1 Å². The van der Waals surface area contributed by atoms with Gasteiger partial charge in [0.25, 0.3) is 15.9 Å². The van der Waals surface area contributed by atoms with Gasteiger partial charge in [-0.05, 0) is 99.2 Å². The predicted octanol–water partition coefficient (Wildman–Crippen LogP) is 4.51. The fourth-order valence-electron chi connectivity index (χ4n) is 7.20. The third-order valence-electron chi connectivity index (χ3n) is 9.74. The molecule has 0 unspecified atom stereocenters. The highest BCUT2D eigenvalue weighted by Crippen LogP contribution is 2.47. The molecule has 0 aromatic heterocycles. The Morgan fingerprint density at radius 2 is 1.98 bits per heavy atom. The lowest BCUT2D eigenvalue weighted by molar-refractivity contribution is -0.139. The molecule has 2 aliphatic heterocycles. The number of hydrogen-bond acceptors (Lipinski definition) is 7. The van der Waals surface area contributed by atoms with E-state index in [2.05, 4.69) is 27.1 Å². The van der Waals surface area contributed by atoms with Crippen LogP contribution in [-0.2, 0) is 36.2 Å². The lowest BCUT2D eigenvalue weighted by Crippen LogP contribution is -2.51. The van der Waals surface area contributed by atoms with E-state index in [9.17, 15) is 18.0 Å². The Hall–Kier alpha value is -3.08. The Kier molecular flexibility index (Phi) is 8.22. The van der Waals surface area contributed by atoms with E-state index in [0.29, 0.717) is 36.2 Å². The standard InChI is InChI=1S/C33H40ClN3O6S/c1-21(38)35-28-7-5-15-43-32(2,3)31(39)36-44(40,41)25-10-13-30-29(17-25)37(18-23-8-11-26(23)28)19-33(20-42-30)14-4-6-22-16-24(34)9-12-27(22)33/h5,7,9-10,12-13,16-17,23,26,28H,4,6,8,11,14-15,18-20H2,1-3H3,(H,35,38)(H,36,39)/b7-5+/t23-,26+,28-,33-/m0/s1. The van der Waals surface area contributed by atoms with Gasteiger partial charge in [0.05, 0.1) is 29.8 Å². The quantitative estimate of drug-likeness (QED) is 0.441. The first-order valence-electron chi connectivity index (χ1n) is 15.3. The molecular formula is C33H40ClN3O6S. The Bertz CT molecular complexity index is 1610. The number of ether oxygens (including phenoxy) is 2. The molecule has 2 heterocycles. The van der Waals surface area contributed by atoms with Gasteiger partial charge in [0, 0.05) is 30.5 Å². The van der Waals surface area contributed by atoms with Gasteiger partial charge in [0.1, 0.15) is 11.4 Å². The van der Waals surface area contributed by atoms with Crippen molar-refractivity contribution in [1.82, 2.24) is 10.0 Å². The smallest absolute Gasteiger partial charge is 0.265 e. The van der Waals surface area contributed by atoms with Crippen molar-refractivity contribution in [3.05, 3.63) is 64.7 Å². The number of carbonyl (C=O) groups excluding carboxylic acids is 2. The average Bonchev–Trinajstić information content (AvgIpc) is 3.09. The highest BCUT2D eigenvalue weighted by atomic mass is 35.5. The number of benzene rings is 2. The largest absolute Gasteiger partial charge is 0.490 e. The minimum absolute atomic E-state index is 0.0194. The second kappa shape index (κ2) is 11.7. The lowest BCUT2D eigenvalue weighted by Gasteiger charge is -2.46. The zero-order chi connectivity index (χ0) is 31.3. The Labute approximate surface area is 264 Å². The van der Waals surface area contributed by atoms with Gasteiger partial charge in [-0.15, -0.1) is 0 Å². The molecule has 2 amide bonds. The van der Waals surface area contributed by atoms with Crippen LogP contribution >= 0.6 is 11.6 Å². The van der Waals surface area contributed by atoms with Gasteiger partial charge in [-0.2, -0.15) is 0 Å². The molecule has 2 aromatic carbocycles. The maximum Gasteiger partial charge on any atom is 0.265 e. The van der Waals surface area contributed by atoms with Crippen LogP contribution in [0.4, 0.5) is 5.69 Å². The molecule has 2 aromatic rings. The molecule has 4 aliphatic rings. The minimum Gasteiger partial charge on any atom is -0.490 e. The zero-order valence-corrected chi connectivity index (χ0v) is 27.0. The summed E-state index contributed by atoms with van der Waals surface area (Å²) < 4.78 is 41.6. The highest BCUT2D eigenvalue weighted by Gasteiger charge is 2.45. The number of fused-ring (bicyclic) bond motifs is 4. The number of aryl methyl sites for hydroxylation is 1. The predicted molar refractivity (Wildman–Crippen MR) is 169 cm³/mol. The third kappa shape index (κ3) is 5.96. The summed E-state index contributed by atoms with van der Waals surface area (Å²) in [6.45, 7) is 6.41. The molecular weight excluding hydrogens is 602 g/mol. The summed E-state index contributed by atoms with van der Waals surface area (Å²) in [6.07, 6.45) is 8.53. The van der Waals surface area contributed by atoms with Crippen LogP contribution in [0.25, 0.3) is 0 Å². The molecule has 4 atom stereocenters. The number of rotatable bonds is 1.